The van der Waals surface area contributed by atoms with Gasteiger partial charge in [-0.05, 0) is 33.6 Å². The van der Waals surface area contributed by atoms with E-state index < -0.39 is 0 Å². The number of hydrogen-bond acceptors (Lipinski definition) is 3. The van der Waals surface area contributed by atoms with E-state index in [0.717, 1.165) is 26.0 Å². The van der Waals surface area contributed by atoms with Gasteiger partial charge < -0.3 is 10.5 Å². The van der Waals surface area contributed by atoms with Crippen LogP contribution in [0.15, 0.2) is 0 Å². The Morgan fingerprint density at radius 2 is 1.75 bits per heavy atom. The summed E-state index contributed by atoms with van der Waals surface area (Å²) >= 11 is 0. The van der Waals surface area contributed by atoms with Crippen molar-refractivity contribution in [3.63, 3.8) is 0 Å². The molecule has 2 N–H and O–H groups in total. The first-order valence-electron chi connectivity index (χ1n) is 6.46. The Bertz CT molecular complexity index is 204. The van der Waals surface area contributed by atoms with Crippen molar-refractivity contribution in [2.45, 2.75) is 64.1 Å². The number of ether oxygens (including phenoxy) is 1. The van der Waals surface area contributed by atoms with Gasteiger partial charge in [-0.2, -0.15) is 0 Å². The van der Waals surface area contributed by atoms with E-state index in [0.29, 0.717) is 0 Å². The van der Waals surface area contributed by atoms with Crippen molar-refractivity contribution >= 4 is 0 Å². The van der Waals surface area contributed by atoms with Crippen LogP contribution in [-0.2, 0) is 4.74 Å². The summed E-state index contributed by atoms with van der Waals surface area (Å²) < 4.78 is 5.21. The molecule has 96 valence electrons. The van der Waals surface area contributed by atoms with E-state index in [1.54, 1.807) is 7.11 Å². The molecule has 1 saturated carbocycles. The molecule has 0 saturated heterocycles. The fourth-order valence-corrected chi connectivity index (χ4v) is 2.84. The summed E-state index contributed by atoms with van der Waals surface area (Å²) in [6, 6.07) is 0. The largest absolute Gasteiger partial charge is 0.383 e. The van der Waals surface area contributed by atoms with Crippen LogP contribution in [0.2, 0.25) is 0 Å². The topological polar surface area (TPSA) is 38.5 Å². The predicted octanol–water partition coefficient (Wildman–Crippen LogP) is 2.35. The zero-order valence-electron chi connectivity index (χ0n) is 11.4. The molecule has 0 atom stereocenters. The normalized spacial score (nSPS) is 21.4. The Hall–Kier alpha value is -0.120. The van der Waals surface area contributed by atoms with Gasteiger partial charge in [0.25, 0.3) is 0 Å². The van der Waals surface area contributed by atoms with Gasteiger partial charge in [0.15, 0.2) is 0 Å². The molecule has 0 aromatic rings. The van der Waals surface area contributed by atoms with Crippen LogP contribution in [0.5, 0.6) is 0 Å². The van der Waals surface area contributed by atoms with Gasteiger partial charge in [0.05, 0.1) is 12.3 Å². The molecule has 0 aromatic carbocycles. The van der Waals surface area contributed by atoms with Crippen molar-refractivity contribution in [2.75, 3.05) is 20.3 Å². The minimum atomic E-state index is -0.116. The lowest BCUT2D eigenvalue weighted by Gasteiger charge is -2.50. The van der Waals surface area contributed by atoms with Crippen LogP contribution in [0.1, 0.15) is 52.9 Å². The zero-order valence-corrected chi connectivity index (χ0v) is 11.4. The van der Waals surface area contributed by atoms with Gasteiger partial charge >= 0.3 is 0 Å². The molecule has 0 bridgehead atoms. The second-order valence-electron chi connectivity index (χ2n) is 5.98. The van der Waals surface area contributed by atoms with Crippen LogP contribution in [0, 0.1) is 0 Å². The SMILES string of the molecule is COCCN(C(C)(C)C)C1(N)CCCCC1. The summed E-state index contributed by atoms with van der Waals surface area (Å²) in [6.45, 7) is 8.41. The first-order valence-corrected chi connectivity index (χ1v) is 6.46. The molecule has 0 spiro atoms. The lowest BCUT2D eigenvalue weighted by atomic mass is 9.85. The van der Waals surface area contributed by atoms with E-state index in [1.807, 2.05) is 0 Å². The maximum atomic E-state index is 6.60. The van der Waals surface area contributed by atoms with E-state index in [1.165, 1.54) is 19.3 Å². The number of rotatable bonds is 4. The highest BCUT2D eigenvalue weighted by atomic mass is 16.5. The molecule has 0 heterocycles. The van der Waals surface area contributed by atoms with E-state index in [2.05, 4.69) is 25.7 Å². The lowest BCUT2D eigenvalue weighted by Crippen LogP contribution is -2.64. The molecule has 0 aromatic heterocycles. The minimum Gasteiger partial charge on any atom is -0.383 e. The van der Waals surface area contributed by atoms with Crippen LogP contribution < -0.4 is 5.73 Å². The van der Waals surface area contributed by atoms with Crippen LogP contribution in [0.3, 0.4) is 0 Å². The third kappa shape index (κ3) is 3.44. The standard InChI is InChI=1S/C13H28N2O/c1-12(2,3)15(10-11-16-4)13(14)8-6-5-7-9-13/h5-11,14H2,1-4H3. The van der Waals surface area contributed by atoms with E-state index in [9.17, 15) is 0 Å². The highest BCUT2D eigenvalue weighted by Crippen LogP contribution is 2.33. The molecule has 3 nitrogen and oxygen atoms in total. The third-order valence-corrected chi connectivity index (χ3v) is 3.59. The fraction of sp³-hybridized carbons (Fsp3) is 1.00. The Morgan fingerprint density at radius 1 is 1.19 bits per heavy atom. The second-order valence-corrected chi connectivity index (χ2v) is 5.98. The number of nitrogens with zero attached hydrogens (tertiary/aromatic N) is 1. The number of nitrogens with two attached hydrogens (primary N) is 1. The molecule has 16 heavy (non-hydrogen) atoms. The average molecular weight is 228 g/mol. The van der Waals surface area contributed by atoms with Gasteiger partial charge in [0, 0.05) is 19.2 Å². The first-order chi connectivity index (χ1) is 7.40. The Balaban J connectivity index is 2.73. The van der Waals surface area contributed by atoms with Gasteiger partial charge in [-0.3, -0.25) is 4.90 Å². The molecule has 0 aliphatic heterocycles. The summed E-state index contributed by atoms with van der Waals surface area (Å²) in [4.78, 5) is 2.43. The van der Waals surface area contributed by atoms with Gasteiger partial charge in [0.1, 0.15) is 0 Å². The molecule has 3 heteroatoms. The van der Waals surface area contributed by atoms with Crippen LogP contribution in [0.4, 0.5) is 0 Å². The lowest BCUT2D eigenvalue weighted by molar-refractivity contribution is -0.0312. The van der Waals surface area contributed by atoms with Gasteiger partial charge in [-0.25, -0.2) is 0 Å². The quantitative estimate of drug-likeness (QED) is 0.751. The fourth-order valence-electron chi connectivity index (χ4n) is 2.84. The van der Waals surface area contributed by atoms with Crippen LogP contribution in [0.25, 0.3) is 0 Å². The Kier molecular flexibility index (Phi) is 4.77. The summed E-state index contributed by atoms with van der Waals surface area (Å²) in [5, 5.41) is 0. The molecule has 0 radical (unpaired) electrons. The summed E-state index contributed by atoms with van der Waals surface area (Å²) in [7, 11) is 1.75. The van der Waals surface area contributed by atoms with Crippen molar-refractivity contribution in [2.24, 2.45) is 5.73 Å². The van der Waals surface area contributed by atoms with Gasteiger partial charge in [0.2, 0.25) is 0 Å². The van der Waals surface area contributed by atoms with Crippen molar-refractivity contribution in [1.82, 2.24) is 4.90 Å². The molecule has 0 unspecified atom stereocenters. The molecule has 1 aliphatic carbocycles. The van der Waals surface area contributed by atoms with Crippen molar-refractivity contribution < 1.29 is 4.74 Å². The average Bonchev–Trinajstić information content (AvgIpc) is 2.17. The summed E-state index contributed by atoms with van der Waals surface area (Å²) in [6.07, 6.45) is 6.09. The van der Waals surface area contributed by atoms with E-state index in [-0.39, 0.29) is 11.2 Å². The Morgan fingerprint density at radius 3 is 2.19 bits per heavy atom. The molecule has 1 aliphatic rings. The van der Waals surface area contributed by atoms with Crippen LogP contribution >= 0.6 is 0 Å². The highest BCUT2D eigenvalue weighted by Gasteiger charge is 2.39. The number of hydrogen-bond donors (Lipinski definition) is 1. The van der Waals surface area contributed by atoms with E-state index >= 15 is 0 Å². The number of methoxy groups -OCH3 is 1. The zero-order chi connectivity index (χ0) is 12.2. The Labute approximate surface area is 100 Å². The first kappa shape index (κ1) is 13.9. The third-order valence-electron chi connectivity index (χ3n) is 3.59. The smallest absolute Gasteiger partial charge is 0.0692 e. The molecule has 0 amide bonds. The van der Waals surface area contributed by atoms with Gasteiger partial charge in [-0.15, -0.1) is 0 Å². The highest BCUT2D eigenvalue weighted by molar-refractivity contribution is 4.93. The summed E-state index contributed by atoms with van der Waals surface area (Å²) in [5.74, 6) is 0. The van der Waals surface area contributed by atoms with E-state index in [4.69, 9.17) is 10.5 Å². The van der Waals surface area contributed by atoms with Crippen molar-refractivity contribution in [3.8, 4) is 0 Å². The molecular formula is C13H28N2O. The van der Waals surface area contributed by atoms with Crippen molar-refractivity contribution in [1.29, 1.82) is 0 Å². The monoisotopic (exact) mass is 228 g/mol. The van der Waals surface area contributed by atoms with Gasteiger partial charge in [-0.1, -0.05) is 19.3 Å². The predicted molar refractivity (Wildman–Crippen MR) is 68.3 cm³/mol. The minimum absolute atomic E-state index is 0.116. The molecular weight excluding hydrogens is 200 g/mol. The second kappa shape index (κ2) is 5.48. The van der Waals surface area contributed by atoms with Crippen molar-refractivity contribution in [3.05, 3.63) is 0 Å². The molecule has 1 fully saturated rings. The maximum Gasteiger partial charge on any atom is 0.0692 e. The summed E-state index contributed by atoms with van der Waals surface area (Å²) in [5.41, 5.74) is 6.60. The van der Waals surface area contributed by atoms with Crippen LogP contribution in [-0.4, -0.2) is 36.4 Å². The maximum absolute atomic E-state index is 6.60. The molecule has 1 rings (SSSR count).